The largest absolute Gasteiger partial charge is 0.198 e. The van der Waals surface area contributed by atoms with Crippen LogP contribution in [0.3, 0.4) is 0 Å². The minimum atomic E-state index is 0.00617. The van der Waals surface area contributed by atoms with E-state index in [0.29, 0.717) is 5.88 Å². The van der Waals surface area contributed by atoms with Crippen LogP contribution in [0, 0.1) is 17.2 Å². The predicted molar refractivity (Wildman–Crippen MR) is 25.5 cm³/mol. The standard InChI is InChI=1S/C4H6ClN/c1-4(2-5)3-6/h4H,2H2,1H3. The minimum absolute atomic E-state index is 0.00617. The lowest BCUT2D eigenvalue weighted by Crippen LogP contribution is -1.87. The summed E-state index contributed by atoms with van der Waals surface area (Å²) in [6.45, 7) is 1.78. The number of rotatable bonds is 1. The molecule has 0 heterocycles. The fraction of sp³-hybridized carbons (Fsp3) is 0.750. The van der Waals surface area contributed by atoms with E-state index in [-0.39, 0.29) is 5.92 Å². The van der Waals surface area contributed by atoms with Gasteiger partial charge in [-0.05, 0) is 6.92 Å². The Hall–Kier alpha value is -0.220. The molecule has 0 N–H and O–H groups in total. The summed E-state index contributed by atoms with van der Waals surface area (Å²) >= 11 is 5.23. The van der Waals surface area contributed by atoms with Crippen LogP contribution in [0.4, 0.5) is 0 Å². The summed E-state index contributed by atoms with van der Waals surface area (Å²) in [6, 6.07) is 1.98. The molecule has 0 aromatic carbocycles. The zero-order chi connectivity index (χ0) is 4.99. The Morgan fingerprint density at radius 1 is 2.00 bits per heavy atom. The lowest BCUT2D eigenvalue weighted by molar-refractivity contribution is 0.858. The second-order valence-corrected chi connectivity index (χ2v) is 1.49. The summed E-state index contributed by atoms with van der Waals surface area (Å²) in [4.78, 5) is 0. The van der Waals surface area contributed by atoms with Crippen molar-refractivity contribution in [2.24, 2.45) is 5.92 Å². The molecule has 0 aliphatic carbocycles. The Bertz CT molecular complexity index is 64.4. The van der Waals surface area contributed by atoms with Gasteiger partial charge >= 0.3 is 0 Å². The smallest absolute Gasteiger partial charge is 0.0665 e. The highest BCUT2D eigenvalue weighted by Crippen LogP contribution is 1.91. The maximum atomic E-state index is 8.00. The normalized spacial score (nSPS) is 12.8. The molecule has 1 atom stereocenters. The first-order valence-corrected chi connectivity index (χ1v) is 2.30. The van der Waals surface area contributed by atoms with Crippen molar-refractivity contribution in [2.75, 3.05) is 5.88 Å². The number of nitriles is 1. The molecular weight excluding hydrogens is 97.5 g/mol. The van der Waals surface area contributed by atoms with Gasteiger partial charge in [0.25, 0.3) is 0 Å². The monoisotopic (exact) mass is 103 g/mol. The van der Waals surface area contributed by atoms with Crippen molar-refractivity contribution < 1.29 is 0 Å². The molecule has 0 saturated carbocycles. The first-order chi connectivity index (χ1) is 2.81. The van der Waals surface area contributed by atoms with Crippen LogP contribution in [0.2, 0.25) is 0 Å². The van der Waals surface area contributed by atoms with Crippen LogP contribution in [0.1, 0.15) is 6.92 Å². The zero-order valence-corrected chi connectivity index (χ0v) is 4.37. The summed E-state index contributed by atoms with van der Waals surface area (Å²) in [5.74, 6) is 0.447. The highest BCUT2D eigenvalue weighted by Gasteiger charge is 1.90. The van der Waals surface area contributed by atoms with Gasteiger partial charge in [0.15, 0.2) is 0 Å². The molecule has 0 spiro atoms. The van der Waals surface area contributed by atoms with Crippen LogP contribution in [0.5, 0.6) is 0 Å². The minimum Gasteiger partial charge on any atom is -0.198 e. The predicted octanol–water partition coefficient (Wildman–Crippen LogP) is 1.38. The van der Waals surface area contributed by atoms with E-state index in [2.05, 4.69) is 0 Å². The SMILES string of the molecule is CC(C#N)CCl. The average molecular weight is 104 g/mol. The lowest BCUT2D eigenvalue weighted by atomic mass is 10.3. The van der Waals surface area contributed by atoms with Crippen molar-refractivity contribution in [2.45, 2.75) is 6.92 Å². The fourth-order valence-electron chi connectivity index (χ4n) is 0.0345. The van der Waals surface area contributed by atoms with Crippen LogP contribution < -0.4 is 0 Å². The average Bonchev–Trinajstić information content (AvgIpc) is 1.65. The third-order valence-electron chi connectivity index (χ3n) is 0.452. The van der Waals surface area contributed by atoms with Gasteiger partial charge in [-0.2, -0.15) is 5.26 Å². The van der Waals surface area contributed by atoms with Crippen LogP contribution in [-0.4, -0.2) is 5.88 Å². The van der Waals surface area contributed by atoms with Crippen molar-refractivity contribution in [3.05, 3.63) is 0 Å². The molecule has 34 valence electrons. The van der Waals surface area contributed by atoms with E-state index in [4.69, 9.17) is 16.9 Å². The molecule has 1 unspecified atom stereocenters. The highest BCUT2D eigenvalue weighted by atomic mass is 35.5. The molecule has 0 aliphatic heterocycles. The molecule has 0 aliphatic rings. The van der Waals surface area contributed by atoms with Crippen molar-refractivity contribution >= 4 is 11.6 Å². The molecule has 0 radical (unpaired) electrons. The topological polar surface area (TPSA) is 23.8 Å². The molecule has 0 fully saturated rings. The lowest BCUT2D eigenvalue weighted by Gasteiger charge is -1.85. The first kappa shape index (κ1) is 5.78. The van der Waals surface area contributed by atoms with Gasteiger partial charge in [-0.25, -0.2) is 0 Å². The van der Waals surface area contributed by atoms with Crippen molar-refractivity contribution in [3.8, 4) is 6.07 Å². The van der Waals surface area contributed by atoms with E-state index in [1.54, 1.807) is 6.92 Å². The van der Waals surface area contributed by atoms with E-state index in [9.17, 15) is 0 Å². The van der Waals surface area contributed by atoms with E-state index >= 15 is 0 Å². The second-order valence-electron chi connectivity index (χ2n) is 1.18. The molecule has 1 nitrogen and oxygen atoms in total. The van der Waals surface area contributed by atoms with Crippen LogP contribution in [0.25, 0.3) is 0 Å². The summed E-state index contributed by atoms with van der Waals surface area (Å²) in [5, 5.41) is 8.00. The number of halogens is 1. The Labute approximate surface area is 42.5 Å². The Morgan fingerprint density at radius 2 is 2.50 bits per heavy atom. The maximum absolute atomic E-state index is 8.00. The summed E-state index contributed by atoms with van der Waals surface area (Å²) in [6.07, 6.45) is 0. The number of hydrogen-bond donors (Lipinski definition) is 0. The first-order valence-electron chi connectivity index (χ1n) is 1.77. The fourth-order valence-corrected chi connectivity index (χ4v) is 0.104. The van der Waals surface area contributed by atoms with Gasteiger partial charge < -0.3 is 0 Å². The molecule has 6 heavy (non-hydrogen) atoms. The summed E-state index contributed by atoms with van der Waals surface area (Å²) in [7, 11) is 0. The van der Waals surface area contributed by atoms with E-state index < -0.39 is 0 Å². The van der Waals surface area contributed by atoms with Crippen molar-refractivity contribution in [1.29, 1.82) is 5.26 Å². The number of hydrogen-bond acceptors (Lipinski definition) is 1. The van der Waals surface area contributed by atoms with Gasteiger partial charge in [0, 0.05) is 5.88 Å². The highest BCUT2D eigenvalue weighted by molar-refractivity contribution is 6.18. The quantitative estimate of drug-likeness (QED) is 0.460. The van der Waals surface area contributed by atoms with Gasteiger partial charge in [-0.15, -0.1) is 11.6 Å². The van der Waals surface area contributed by atoms with Crippen LogP contribution in [0.15, 0.2) is 0 Å². The van der Waals surface area contributed by atoms with Crippen molar-refractivity contribution in [3.63, 3.8) is 0 Å². The van der Waals surface area contributed by atoms with Gasteiger partial charge in [-0.3, -0.25) is 0 Å². The van der Waals surface area contributed by atoms with Gasteiger partial charge in [-0.1, -0.05) is 0 Å². The Kier molecular flexibility index (Phi) is 2.88. The Balaban J connectivity index is 3.04. The maximum Gasteiger partial charge on any atom is 0.0665 e. The number of alkyl halides is 1. The zero-order valence-electron chi connectivity index (χ0n) is 3.61. The molecule has 2 heteroatoms. The van der Waals surface area contributed by atoms with Crippen LogP contribution >= 0.6 is 11.6 Å². The molecule has 0 bridgehead atoms. The third-order valence-corrected chi connectivity index (χ3v) is 0.915. The molecule has 0 amide bonds. The van der Waals surface area contributed by atoms with Gasteiger partial charge in [0.05, 0.1) is 12.0 Å². The second kappa shape index (κ2) is 2.99. The van der Waals surface area contributed by atoms with E-state index in [0.717, 1.165) is 0 Å². The molecule has 0 rings (SSSR count). The van der Waals surface area contributed by atoms with Gasteiger partial charge in [0.1, 0.15) is 0 Å². The van der Waals surface area contributed by atoms with Crippen molar-refractivity contribution in [1.82, 2.24) is 0 Å². The Morgan fingerprint density at radius 3 is 2.50 bits per heavy atom. The van der Waals surface area contributed by atoms with E-state index in [1.165, 1.54) is 0 Å². The molecular formula is C4H6ClN. The van der Waals surface area contributed by atoms with Gasteiger partial charge in [0.2, 0.25) is 0 Å². The molecule has 0 aromatic heterocycles. The summed E-state index contributed by atoms with van der Waals surface area (Å²) in [5.41, 5.74) is 0. The van der Waals surface area contributed by atoms with Crippen LogP contribution in [-0.2, 0) is 0 Å². The third kappa shape index (κ3) is 2.04. The van der Waals surface area contributed by atoms with E-state index in [1.807, 2.05) is 6.07 Å². The number of nitrogens with zero attached hydrogens (tertiary/aromatic N) is 1. The molecule has 0 saturated heterocycles. The molecule has 0 aromatic rings. The summed E-state index contributed by atoms with van der Waals surface area (Å²) < 4.78 is 0.